The van der Waals surface area contributed by atoms with Gasteiger partial charge in [0.15, 0.2) is 5.78 Å². The van der Waals surface area contributed by atoms with E-state index in [0.29, 0.717) is 37.3 Å². The highest BCUT2D eigenvalue weighted by Crippen LogP contribution is 2.31. The first-order valence-corrected chi connectivity index (χ1v) is 14.0. The maximum atomic E-state index is 13.5. The Bertz CT molecular complexity index is 1080. The lowest BCUT2D eigenvalue weighted by Crippen LogP contribution is -2.44. The molecule has 1 aromatic heterocycles. The van der Waals surface area contributed by atoms with E-state index in [0.717, 1.165) is 47.3 Å². The van der Waals surface area contributed by atoms with Crippen molar-refractivity contribution in [3.63, 3.8) is 0 Å². The van der Waals surface area contributed by atoms with Crippen molar-refractivity contribution in [1.82, 2.24) is 15.2 Å². The molecular formula is C29H41N3O3S. The molecule has 1 aromatic carbocycles. The van der Waals surface area contributed by atoms with Crippen LogP contribution in [0.25, 0.3) is 10.2 Å². The fourth-order valence-corrected chi connectivity index (χ4v) is 6.27. The van der Waals surface area contributed by atoms with Crippen LogP contribution >= 0.6 is 11.3 Å². The standard InChI is InChI=1S/C29H41N3O3S/c1-6-21-11-12-25-27(16-21)36-28(30-25)17-23(15-20(3)33)29(35)31-24(22-9-7-8-10-22)13-14-26(34)19(2)18-32(4)5/h11-12,16,22-24H,2,6-10,13-15,17-18H2,1,3-5H3,(H,31,35)/t23-,24+/m0/s1. The van der Waals surface area contributed by atoms with E-state index in [4.69, 9.17) is 4.98 Å². The van der Waals surface area contributed by atoms with Crippen molar-refractivity contribution in [2.45, 2.75) is 77.7 Å². The molecule has 0 bridgehead atoms. The summed E-state index contributed by atoms with van der Waals surface area (Å²) in [5.74, 6) is -0.136. The number of aromatic nitrogens is 1. The molecule has 0 radical (unpaired) electrons. The van der Waals surface area contributed by atoms with Crippen LogP contribution in [0.4, 0.5) is 0 Å². The summed E-state index contributed by atoms with van der Waals surface area (Å²) in [7, 11) is 3.84. The van der Waals surface area contributed by atoms with Crippen LogP contribution in [-0.4, -0.2) is 54.0 Å². The number of hydrogen-bond donors (Lipinski definition) is 1. The number of carbonyl (C=O) groups is 3. The highest BCUT2D eigenvalue weighted by Gasteiger charge is 2.30. The lowest BCUT2D eigenvalue weighted by atomic mass is 9.90. The molecule has 1 saturated carbocycles. The number of carbonyl (C=O) groups excluding carboxylic acids is 3. The number of rotatable bonds is 14. The number of benzene rings is 1. The highest BCUT2D eigenvalue weighted by molar-refractivity contribution is 7.18. The van der Waals surface area contributed by atoms with Crippen LogP contribution in [0.3, 0.4) is 0 Å². The number of likely N-dealkylation sites (N-methyl/N-ethyl adjacent to an activating group) is 1. The van der Waals surface area contributed by atoms with Crippen molar-refractivity contribution in [2.75, 3.05) is 20.6 Å². The Morgan fingerprint density at radius 3 is 2.58 bits per heavy atom. The molecule has 0 aliphatic heterocycles. The van der Waals surface area contributed by atoms with Gasteiger partial charge in [-0.2, -0.15) is 0 Å². The summed E-state index contributed by atoms with van der Waals surface area (Å²) in [5.41, 5.74) is 2.81. The number of hydrogen-bond acceptors (Lipinski definition) is 6. The maximum Gasteiger partial charge on any atom is 0.224 e. The van der Waals surface area contributed by atoms with E-state index in [1.165, 1.54) is 12.5 Å². The Kier molecular flexibility index (Phi) is 10.4. The fourth-order valence-electron chi connectivity index (χ4n) is 5.16. The van der Waals surface area contributed by atoms with E-state index in [1.54, 1.807) is 11.3 Å². The molecule has 1 fully saturated rings. The Morgan fingerprint density at radius 2 is 1.94 bits per heavy atom. The molecule has 0 spiro atoms. The Morgan fingerprint density at radius 1 is 1.22 bits per heavy atom. The van der Waals surface area contributed by atoms with E-state index in [2.05, 4.69) is 31.0 Å². The summed E-state index contributed by atoms with van der Waals surface area (Å²) in [6, 6.07) is 6.22. The molecule has 2 atom stereocenters. The molecule has 196 valence electrons. The van der Waals surface area contributed by atoms with Crippen molar-refractivity contribution >= 4 is 39.0 Å². The minimum absolute atomic E-state index is 0.00268. The maximum absolute atomic E-state index is 13.5. The van der Waals surface area contributed by atoms with Gasteiger partial charge >= 0.3 is 0 Å². The van der Waals surface area contributed by atoms with Gasteiger partial charge in [0.1, 0.15) is 5.78 Å². The quantitative estimate of drug-likeness (QED) is 0.355. The Balaban J connectivity index is 1.71. The normalized spacial score (nSPS) is 15.8. The van der Waals surface area contributed by atoms with Gasteiger partial charge in [-0.3, -0.25) is 9.59 Å². The molecule has 36 heavy (non-hydrogen) atoms. The first kappa shape index (κ1) is 28.2. The molecule has 2 aromatic rings. The average Bonchev–Trinajstić information content (AvgIpc) is 3.49. The summed E-state index contributed by atoms with van der Waals surface area (Å²) in [5, 5.41) is 4.15. The Hall–Kier alpha value is -2.38. The number of nitrogens with one attached hydrogen (secondary N) is 1. The third-order valence-corrected chi connectivity index (χ3v) is 8.15. The molecule has 1 N–H and O–H groups in total. The first-order chi connectivity index (χ1) is 17.2. The van der Waals surface area contributed by atoms with Crippen molar-refractivity contribution in [1.29, 1.82) is 0 Å². The number of Topliss-reactive ketones (excluding diaryl/α,β-unsaturated/α-hetero) is 2. The number of ketones is 2. The third-order valence-electron chi connectivity index (χ3n) is 7.11. The van der Waals surface area contributed by atoms with E-state index >= 15 is 0 Å². The summed E-state index contributed by atoms with van der Waals surface area (Å²) < 4.78 is 1.12. The number of amides is 1. The first-order valence-electron chi connectivity index (χ1n) is 13.2. The van der Waals surface area contributed by atoms with Gasteiger partial charge in [-0.05, 0) is 70.3 Å². The molecule has 7 heteroatoms. The molecule has 1 heterocycles. The summed E-state index contributed by atoms with van der Waals surface area (Å²) in [6.45, 7) is 8.15. The second kappa shape index (κ2) is 13.2. The molecule has 1 amide bonds. The summed E-state index contributed by atoms with van der Waals surface area (Å²) in [6.07, 6.45) is 7.02. The van der Waals surface area contributed by atoms with Gasteiger partial charge in [-0.25, -0.2) is 4.98 Å². The minimum Gasteiger partial charge on any atom is -0.353 e. The smallest absolute Gasteiger partial charge is 0.224 e. The van der Waals surface area contributed by atoms with Gasteiger partial charge in [0.25, 0.3) is 0 Å². The lowest BCUT2D eigenvalue weighted by molar-refractivity contribution is -0.129. The van der Waals surface area contributed by atoms with Gasteiger partial charge in [-0.1, -0.05) is 32.4 Å². The van der Waals surface area contributed by atoms with Gasteiger partial charge in [0.05, 0.1) is 21.1 Å². The van der Waals surface area contributed by atoms with Crippen LogP contribution in [-0.2, 0) is 27.2 Å². The highest BCUT2D eigenvalue weighted by atomic mass is 32.1. The number of thiazole rings is 1. The van der Waals surface area contributed by atoms with Gasteiger partial charge < -0.3 is 15.0 Å². The SMILES string of the molecule is C=C(CN(C)C)C(=O)CC[C@@H](NC(=O)[C@@H](CC(C)=O)Cc1nc2ccc(CC)cc2s1)C1CCCC1. The molecular weight excluding hydrogens is 470 g/mol. The van der Waals surface area contributed by atoms with Gasteiger partial charge in [0.2, 0.25) is 5.91 Å². The largest absolute Gasteiger partial charge is 0.353 e. The fraction of sp³-hybridized carbons (Fsp3) is 0.586. The second-order valence-corrected chi connectivity index (χ2v) is 11.6. The van der Waals surface area contributed by atoms with E-state index in [9.17, 15) is 14.4 Å². The lowest BCUT2D eigenvalue weighted by Gasteiger charge is -2.27. The van der Waals surface area contributed by atoms with Crippen molar-refractivity contribution in [3.8, 4) is 0 Å². The van der Waals surface area contributed by atoms with E-state index in [-0.39, 0.29) is 29.9 Å². The van der Waals surface area contributed by atoms with Crippen molar-refractivity contribution in [2.24, 2.45) is 11.8 Å². The average molecular weight is 512 g/mol. The summed E-state index contributed by atoms with van der Waals surface area (Å²) >= 11 is 1.61. The second-order valence-electron chi connectivity index (χ2n) is 10.5. The zero-order valence-corrected chi connectivity index (χ0v) is 23.1. The molecule has 0 unspecified atom stereocenters. The van der Waals surface area contributed by atoms with Crippen LogP contribution in [0.5, 0.6) is 0 Å². The van der Waals surface area contributed by atoms with Crippen LogP contribution < -0.4 is 5.32 Å². The molecule has 3 rings (SSSR count). The topological polar surface area (TPSA) is 79.4 Å². The van der Waals surface area contributed by atoms with Crippen LogP contribution in [0.2, 0.25) is 0 Å². The van der Waals surface area contributed by atoms with E-state index in [1.807, 2.05) is 25.1 Å². The van der Waals surface area contributed by atoms with Crippen LogP contribution in [0, 0.1) is 11.8 Å². The Labute approximate surface area is 219 Å². The van der Waals surface area contributed by atoms with Crippen LogP contribution in [0.15, 0.2) is 30.4 Å². The van der Waals surface area contributed by atoms with Gasteiger partial charge in [0, 0.05) is 37.4 Å². The molecule has 1 aliphatic rings. The third kappa shape index (κ3) is 8.07. The predicted molar refractivity (Wildman–Crippen MR) is 147 cm³/mol. The zero-order chi connectivity index (χ0) is 26.2. The number of fused-ring (bicyclic) bond motifs is 1. The summed E-state index contributed by atoms with van der Waals surface area (Å²) in [4.78, 5) is 44.9. The number of nitrogens with zero attached hydrogens (tertiary/aromatic N) is 2. The van der Waals surface area contributed by atoms with Gasteiger partial charge in [-0.15, -0.1) is 11.3 Å². The predicted octanol–water partition coefficient (Wildman–Crippen LogP) is 5.14. The van der Waals surface area contributed by atoms with Crippen molar-refractivity contribution < 1.29 is 14.4 Å². The minimum atomic E-state index is -0.461. The molecule has 6 nitrogen and oxygen atoms in total. The molecule has 0 saturated heterocycles. The van der Waals surface area contributed by atoms with E-state index < -0.39 is 5.92 Å². The molecule has 1 aliphatic carbocycles. The zero-order valence-electron chi connectivity index (χ0n) is 22.3. The monoisotopic (exact) mass is 511 g/mol. The van der Waals surface area contributed by atoms with Crippen molar-refractivity contribution in [3.05, 3.63) is 40.9 Å². The number of aryl methyl sites for hydroxylation is 1. The van der Waals surface area contributed by atoms with Crippen LogP contribution in [0.1, 0.15) is 69.4 Å².